The SMILES string of the molecule is COc1cc(F)ccc1C(C)(C)CCC(F)(F)F. The lowest BCUT2D eigenvalue weighted by Crippen LogP contribution is -2.22. The van der Waals surface area contributed by atoms with E-state index in [0.717, 1.165) is 0 Å². The Morgan fingerprint density at radius 3 is 2.22 bits per heavy atom. The summed E-state index contributed by atoms with van der Waals surface area (Å²) in [6.45, 7) is 3.38. The first-order valence-corrected chi connectivity index (χ1v) is 5.56. The molecule has 0 saturated heterocycles. The molecule has 0 aliphatic rings. The van der Waals surface area contributed by atoms with Crippen molar-refractivity contribution in [2.45, 2.75) is 38.3 Å². The van der Waals surface area contributed by atoms with Crippen molar-refractivity contribution in [3.8, 4) is 5.75 Å². The van der Waals surface area contributed by atoms with Gasteiger partial charge in [-0.1, -0.05) is 19.9 Å². The number of benzene rings is 1. The summed E-state index contributed by atoms with van der Waals surface area (Å²) in [4.78, 5) is 0. The molecule has 5 heteroatoms. The van der Waals surface area contributed by atoms with Crippen LogP contribution in [0.15, 0.2) is 18.2 Å². The fraction of sp³-hybridized carbons (Fsp3) is 0.538. The van der Waals surface area contributed by atoms with Gasteiger partial charge < -0.3 is 4.74 Å². The Morgan fingerprint density at radius 2 is 1.72 bits per heavy atom. The van der Waals surface area contributed by atoms with Crippen molar-refractivity contribution < 1.29 is 22.3 Å². The molecule has 18 heavy (non-hydrogen) atoms. The number of ether oxygens (including phenoxy) is 1. The molecular formula is C13H16F4O. The van der Waals surface area contributed by atoms with E-state index < -0.39 is 23.8 Å². The van der Waals surface area contributed by atoms with Crippen LogP contribution in [0.1, 0.15) is 32.3 Å². The van der Waals surface area contributed by atoms with E-state index in [1.165, 1.54) is 25.3 Å². The quantitative estimate of drug-likeness (QED) is 0.730. The van der Waals surface area contributed by atoms with Gasteiger partial charge in [0.25, 0.3) is 0 Å². The topological polar surface area (TPSA) is 9.23 Å². The molecule has 0 amide bonds. The molecule has 0 spiro atoms. The van der Waals surface area contributed by atoms with Crippen LogP contribution in [0.4, 0.5) is 17.6 Å². The average Bonchev–Trinajstić information content (AvgIpc) is 2.25. The zero-order valence-corrected chi connectivity index (χ0v) is 10.6. The maximum absolute atomic E-state index is 13.0. The van der Waals surface area contributed by atoms with Gasteiger partial charge in [-0.05, 0) is 23.5 Å². The monoisotopic (exact) mass is 264 g/mol. The molecule has 0 aliphatic heterocycles. The van der Waals surface area contributed by atoms with Gasteiger partial charge in [-0.3, -0.25) is 0 Å². The van der Waals surface area contributed by atoms with Crippen LogP contribution in [-0.2, 0) is 5.41 Å². The summed E-state index contributed by atoms with van der Waals surface area (Å²) in [6, 6.07) is 3.89. The molecule has 1 rings (SSSR count). The second-order valence-corrected chi connectivity index (χ2v) is 4.84. The molecule has 1 aromatic rings. The molecule has 0 fully saturated rings. The first-order valence-electron chi connectivity index (χ1n) is 5.56. The van der Waals surface area contributed by atoms with Crippen molar-refractivity contribution in [3.63, 3.8) is 0 Å². The molecule has 102 valence electrons. The fourth-order valence-electron chi connectivity index (χ4n) is 1.81. The first-order chi connectivity index (χ1) is 8.15. The van der Waals surface area contributed by atoms with Crippen LogP contribution in [0.3, 0.4) is 0 Å². The minimum Gasteiger partial charge on any atom is -0.496 e. The van der Waals surface area contributed by atoms with Crippen LogP contribution >= 0.6 is 0 Å². The van der Waals surface area contributed by atoms with Crippen LogP contribution in [-0.4, -0.2) is 13.3 Å². The second kappa shape index (κ2) is 5.16. The minimum absolute atomic E-state index is 0.0709. The lowest BCUT2D eigenvalue weighted by Gasteiger charge is -2.27. The summed E-state index contributed by atoms with van der Waals surface area (Å²) >= 11 is 0. The molecule has 0 radical (unpaired) electrons. The number of rotatable bonds is 4. The predicted octanol–water partition coefficient (Wildman–Crippen LogP) is 4.45. The van der Waals surface area contributed by atoms with Crippen molar-refractivity contribution in [3.05, 3.63) is 29.6 Å². The summed E-state index contributed by atoms with van der Waals surface area (Å²) < 4.78 is 54.8. The van der Waals surface area contributed by atoms with E-state index in [4.69, 9.17) is 4.74 Å². The largest absolute Gasteiger partial charge is 0.496 e. The predicted molar refractivity (Wildman–Crippen MR) is 61.3 cm³/mol. The van der Waals surface area contributed by atoms with Gasteiger partial charge in [0, 0.05) is 12.5 Å². The Labute approximate surface area is 104 Å². The molecule has 1 nitrogen and oxygen atoms in total. The zero-order chi connectivity index (χ0) is 14.0. The number of hydrogen-bond donors (Lipinski definition) is 0. The Bertz CT molecular complexity index is 410. The first kappa shape index (κ1) is 14.8. The molecule has 0 heterocycles. The fourth-order valence-corrected chi connectivity index (χ4v) is 1.81. The number of hydrogen-bond acceptors (Lipinski definition) is 1. The van der Waals surface area contributed by atoms with Crippen LogP contribution in [0.2, 0.25) is 0 Å². The van der Waals surface area contributed by atoms with Gasteiger partial charge in [0.1, 0.15) is 11.6 Å². The van der Waals surface area contributed by atoms with E-state index in [9.17, 15) is 17.6 Å². The Balaban J connectivity index is 2.97. The van der Waals surface area contributed by atoms with Gasteiger partial charge in [-0.15, -0.1) is 0 Å². The van der Waals surface area contributed by atoms with Crippen molar-refractivity contribution in [1.29, 1.82) is 0 Å². The Kier molecular flexibility index (Phi) is 4.24. The second-order valence-electron chi connectivity index (χ2n) is 4.84. The van der Waals surface area contributed by atoms with Crippen molar-refractivity contribution in [2.24, 2.45) is 0 Å². The van der Waals surface area contributed by atoms with Gasteiger partial charge in [0.05, 0.1) is 7.11 Å². The lowest BCUT2D eigenvalue weighted by atomic mass is 9.80. The normalized spacial score (nSPS) is 12.6. The van der Waals surface area contributed by atoms with Crippen molar-refractivity contribution in [2.75, 3.05) is 7.11 Å². The molecule has 0 aromatic heterocycles. The molecule has 0 aliphatic carbocycles. The maximum atomic E-state index is 13.0. The molecule has 0 bridgehead atoms. The molecule has 0 saturated carbocycles. The highest BCUT2D eigenvalue weighted by atomic mass is 19.4. The standard InChI is InChI=1S/C13H16F4O/c1-12(2,6-7-13(15,16)17)10-5-4-9(14)8-11(10)18-3/h4-5,8H,6-7H2,1-3H3. The molecule has 1 aromatic carbocycles. The summed E-state index contributed by atoms with van der Waals surface area (Å²) in [5, 5.41) is 0. The highest BCUT2D eigenvalue weighted by Gasteiger charge is 2.33. The van der Waals surface area contributed by atoms with Gasteiger partial charge >= 0.3 is 6.18 Å². The van der Waals surface area contributed by atoms with E-state index in [1.54, 1.807) is 13.8 Å². The Hall–Kier alpha value is -1.26. The summed E-state index contributed by atoms with van der Waals surface area (Å²) in [5.41, 5.74) is -0.148. The molecule has 0 atom stereocenters. The van der Waals surface area contributed by atoms with Crippen LogP contribution in [0.5, 0.6) is 5.75 Å². The third kappa shape index (κ3) is 3.89. The molecule has 0 unspecified atom stereocenters. The van der Waals surface area contributed by atoms with E-state index >= 15 is 0 Å². The number of halogens is 4. The van der Waals surface area contributed by atoms with Crippen LogP contribution in [0, 0.1) is 5.82 Å². The van der Waals surface area contributed by atoms with Gasteiger partial charge in [-0.2, -0.15) is 13.2 Å². The minimum atomic E-state index is -4.19. The summed E-state index contributed by atoms with van der Waals surface area (Å²) in [5.74, 6) is -0.190. The lowest BCUT2D eigenvalue weighted by molar-refractivity contribution is -0.138. The smallest absolute Gasteiger partial charge is 0.389 e. The van der Waals surface area contributed by atoms with Gasteiger partial charge in [0.2, 0.25) is 0 Å². The third-order valence-corrected chi connectivity index (χ3v) is 2.93. The van der Waals surface area contributed by atoms with E-state index in [1.807, 2.05) is 0 Å². The van der Waals surface area contributed by atoms with Crippen molar-refractivity contribution in [1.82, 2.24) is 0 Å². The highest BCUT2D eigenvalue weighted by Crippen LogP contribution is 2.38. The average molecular weight is 264 g/mol. The van der Waals surface area contributed by atoms with Crippen molar-refractivity contribution >= 4 is 0 Å². The van der Waals surface area contributed by atoms with Crippen LogP contribution < -0.4 is 4.74 Å². The van der Waals surface area contributed by atoms with Gasteiger partial charge in [0.15, 0.2) is 0 Å². The van der Waals surface area contributed by atoms with Crippen LogP contribution in [0.25, 0.3) is 0 Å². The highest BCUT2D eigenvalue weighted by molar-refractivity contribution is 5.39. The molecular weight excluding hydrogens is 248 g/mol. The summed E-state index contributed by atoms with van der Waals surface area (Å²) in [7, 11) is 1.37. The Morgan fingerprint density at radius 1 is 1.11 bits per heavy atom. The number of methoxy groups -OCH3 is 1. The zero-order valence-electron chi connectivity index (χ0n) is 10.6. The number of alkyl halides is 3. The van der Waals surface area contributed by atoms with E-state index in [-0.39, 0.29) is 12.2 Å². The van der Waals surface area contributed by atoms with E-state index in [0.29, 0.717) is 5.56 Å². The third-order valence-electron chi connectivity index (χ3n) is 2.93. The summed E-state index contributed by atoms with van der Waals surface area (Å²) in [6.07, 6.45) is -5.14. The van der Waals surface area contributed by atoms with E-state index in [2.05, 4.69) is 0 Å². The van der Waals surface area contributed by atoms with Gasteiger partial charge in [-0.25, -0.2) is 4.39 Å². The maximum Gasteiger partial charge on any atom is 0.389 e. The molecule has 0 N–H and O–H groups in total.